The van der Waals surface area contributed by atoms with E-state index in [0.29, 0.717) is 0 Å². The van der Waals surface area contributed by atoms with Crippen molar-refractivity contribution in [2.75, 3.05) is 5.32 Å². The Balaban J connectivity index is 1.93. The molecule has 0 saturated heterocycles. The topological polar surface area (TPSA) is 41.5 Å². The summed E-state index contributed by atoms with van der Waals surface area (Å²) >= 11 is 0. The minimum absolute atomic E-state index is 0.0692. The van der Waals surface area contributed by atoms with E-state index in [0.717, 1.165) is 23.4 Å². The van der Waals surface area contributed by atoms with E-state index in [1.807, 2.05) is 30.5 Å². The van der Waals surface area contributed by atoms with Crippen molar-refractivity contribution in [2.24, 2.45) is 4.99 Å². The molecule has 1 amide bonds. The summed E-state index contributed by atoms with van der Waals surface area (Å²) in [7, 11) is 0. The minimum atomic E-state index is -0.0692. The fraction of sp³-hybridized carbons (Fsp3) is 0.300. The number of carbonyl (C=O) groups is 1. The maximum atomic E-state index is 11.0. The first-order valence-corrected chi connectivity index (χ1v) is 8.18. The molecule has 0 heterocycles. The molecule has 0 unspecified atom stereocenters. The first-order chi connectivity index (χ1) is 11.2. The molecule has 0 spiro atoms. The summed E-state index contributed by atoms with van der Waals surface area (Å²) in [5.41, 5.74) is 4.13. The van der Waals surface area contributed by atoms with Gasteiger partial charge in [-0.05, 0) is 48.2 Å². The van der Waals surface area contributed by atoms with Gasteiger partial charge >= 0.3 is 0 Å². The van der Waals surface area contributed by atoms with Gasteiger partial charge in [0.1, 0.15) is 0 Å². The smallest absolute Gasteiger partial charge is 0.221 e. The van der Waals surface area contributed by atoms with E-state index in [1.54, 1.807) is 0 Å². The largest absolute Gasteiger partial charge is 0.326 e. The predicted molar refractivity (Wildman–Crippen MR) is 97.7 cm³/mol. The number of rotatable bonds is 7. The second-order valence-corrected chi connectivity index (χ2v) is 5.68. The van der Waals surface area contributed by atoms with Crippen molar-refractivity contribution >= 4 is 23.5 Å². The molecule has 0 aliphatic rings. The Bertz CT molecular complexity index is 642. The summed E-state index contributed by atoms with van der Waals surface area (Å²) in [6.07, 6.45) is 6.81. The van der Waals surface area contributed by atoms with Crippen LogP contribution in [0, 0.1) is 0 Å². The summed E-state index contributed by atoms with van der Waals surface area (Å²) in [5.74, 6) is -0.0692. The van der Waals surface area contributed by atoms with Gasteiger partial charge in [-0.1, -0.05) is 44.0 Å². The van der Waals surface area contributed by atoms with Gasteiger partial charge in [0, 0.05) is 18.8 Å². The summed E-state index contributed by atoms with van der Waals surface area (Å²) in [6.45, 7) is 3.72. The fourth-order valence-electron chi connectivity index (χ4n) is 2.33. The number of carbonyl (C=O) groups excluding carboxylic acids is 1. The summed E-state index contributed by atoms with van der Waals surface area (Å²) in [4.78, 5) is 15.4. The minimum Gasteiger partial charge on any atom is -0.326 e. The number of anilines is 1. The summed E-state index contributed by atoms with van der Waals surface area (Å²) < 4.78 is 0. The Morgan fingerprint density at radius 1 is 1.04 bits per heavy atom. The van der Waals surface area contributed by atoms with E-state index in [2.05, 4.69) is 41.5 Å². The van der Waals surface area contributed by atoms with Crippen molar-refractivity contribution < 1.29 is 4.79 Å². The van der Waals surface area contributed by atoms with Crippen LogP contribution in [-0.4, -0.2) is 12.1 Å². The highest BCUT2D eigenvalue weighted by Crippen LogP contribution is 2.16. The molecule has 0 aromatic heterocycles. The van der Waals surface area contributed by atoms with E-state index in [9.17, 15) is 4.79 Å². The second kappa shape index (κ2) is 8.89. The number of nitrogens with zero attached hydrogens (tertiary/aromatic N) is 1. The van der Waals surface area contributed by atoms with Gasteiger partial charge < -0.3 is 5.32 Å². The average molecular weight is 308 g/mol. The molecule has 0 fully saturated rings. The molecule has 1 N–H and O–H groups in total. The van der Waals surface area contributed by atoms with Crippen molar-refractivity contribution in [3.63, 3.8) is 0 Å². The molecular weight excluding hydrogens is 284 g/mol. The third-order valence-electron chi connectivity index (χ3n) is 3.60. The Hall–Kier alpha value is -2.42. The van der Waals surface area contributed by atoms with Crippen molar-refractivity contribution in [1.29, 1.82) is 0 Å². The van der Waals surface area contributed by atoms with Crippen molar-refractivity contribution in [3.8, 4) is 0 Å². The monoisotopic (exact) mass is 308 g/mol. The first-order valence-electron chi connectivity index (χ1n) is 8.18. The number of aliphatic imine (C=N–C) groups is 1. The van der Waals surface area contributed by atoms with Gasteiger partial charge in [0.25, 0.3) is 0 Å². The highest BCUT2D eigenvalue weighted by Gasteiger charge is 1.96. The molecule has 0 aliphatic heterocycles. The van der Waals surface area contributed by atoms with Crippen LogP contribution in [0.1, 0.15) is 44.2 Å². The summed E-state index contributed by atoms with van der Waals surface area (Å²) in [6, 6.07) is 16.1. The van der Waals surface area contributed by atoms with E-state index in [1.165, 1.54) is 31.7 Å². The maximum absolute atomic E-state index is 11.0. The van der Waals surface area contributed by atoms with Crippen LogP contribution in [-0.2, 0) is 11.2 Å². The van der Waals surface area contributed by atoms with E-state index in [-0.39, 0.29) is 5.91 Å². The van der Waals surface area contributed by atoms with Crippen LogP contribution in [0.3, 0.4) is 0 Å². The number of unbranched alkanes of at least 4 members (excludes halogenated alkanes) is 2. The third kappa shape index (κ3) is 6.07. The molecule has 3 heteroatoms. The van der Waals surface area contributed by atoms with E-state index >= 15 is 0 Å². The van der Waals surface area contributed by atoms with Gasteiger partial charge in [0.2, 0.25) is 5.91 Å². The number of hydrogen-bond acceptors (Lipinski definition) is 2. The van der Waals surface area contributed by atoms with Crippen molar-refractivity contribution in [3.05, 3.63) is 59.7 Å². The molecule has 0 saturated carbocycles. The van der Waals surface area contributed by atoms with E-state index < -0.39 is 0 Å². The lowest BCUT2D eigenvalue weighted by molar-refractivity contribution is -0.114. The van der Waals surface area contributed by atoms with Crippen LogP contribution in [0.4, 0.5) is 11.4 Å². The van der Waals surface area contributed by atoms with Gasteiger partial charge in [0.15, 0.2) is 0 Å². The lowest BCUT2D eigenvalue weighted by atomic mass is 10.1. The second-order valence-electron chi connectivity index (χ2n) is 5.68. The Labute approximate surface area is 138 Å². The zero-order valence-corrected chi connectivity index (χ0v) is 13.9. The highest BCUT2D eigenvalue weighted by atomic mass is 16.1. The highest BCUT2D eigenvalue weighted by molar-refractivity contribution is 5.89. The van der Waals surface area contributed by atoms with Crippen LogP contribution in [0.15, 0.2) is 53.5 Å². The lowest BCUT2D eigenvalue weighted by Crippen LogP contribution is -2.04. The van der Waals surface area contributed by atoms with E-state index in [4.69, 9.17) is 0 Å². The first kappa shape index (κ1) is 16.9. The Kier molecular flexibility index (Phi) is 6.55. The summed E-state index contributed by atoms with van der Waals surface area (Å²) in [5, 5.41) is 2.74. The SMILES string of the molecule is CCCCCc1ccc(/C=N/c2ccc(NC(C)=O)cc2)cc1. The number of amides is 1. The van der Waals surface area contributed by atoms with Crippen LogP contribution >= 0.6 is 0 Å². The Morgan fingerprint density at radius 2 is 1.74 bits per heavy atom. The normalized spacial score (nSPS) is 10.9. The van der Waals surface area contributed by atoms with Gasteiger partial charge in [-0.2, -0.15) is 0 Å². The molecule has 23 heavy (non-hydrogen) atoms. The number of aryl methyl sites for hydroxylation is 1. The van der Waals surface area contributed by atoms with Crippen LogP contribution in [0.2, 0.25) is 0 Å². The van der Waals surface area contributed by atoms with Gasteiger partial charge in [-0.25, -0.2) is 0 Å². The molecule has 0 bridgehead atoms. The molecule has 0 aliphatic carbocycles. The molecule has 2 rings (SSSR count). The predicted octanol–water partition coefficient (Wildman–Crippen LogP) is 5.13. The Morgan fingerprint density at radius 3 is 2.35 bits per heavy atom. The van der Waals surface area contributed by atoms with Crippen LogP contribution in [0.25, 0.3) is 0 Å². The lowest BCUT2D eigenvalue weighted by Gasteiger charge is -2.02. The van der Waals surface area contributed by atoms with Crippen molar-refractivity contribution in [1.82, 2.24) is 0 Å². The third-order valence-corrected chi connectivity index (χ3v) is 3.60. The molecule has 0 radical (unpaired) electrons. The fourth-order valence-corrected chi connectivity index (χ4v) is 2.33. The van der Waals surface area contributed by atoms with Crippen molar-refractivity contribution in [2.45, 2.75) is 39.5 Å². The van der Waals surface area contributed by atoms with Gasteiger partial charge in [-0.3, -0.25) is 9.79 Å². The quantitative estimate of drug-likeness (QED) is 0.559. The molecule has 120 valence electrons. The van der Waals surface area contributed by atoms with Gasteiger partial charge in [0.05, 0.1) is 5.69 Å². The average Bonchev–Trinajstić information content (AvgIpc) is 2.55. The standard InChI is InChI=1S/C20H24N2O/c1-3-4-5-6-17-7-9-18(10-8-17)15-21-19-11-13-20(14-12-19)22-16(2)23/h7-15H,3-6H2,1-2H3,(H,22,23)/b21-15+. The molecular formula is C20H24N2O. The zero-order chi connectivity index (χ0) is 16.5. The molecule has 2 aromatic carbocycles. The molecule has 0 atom stereocenters. The van der Waals surface area contributed by atoms with Gasteiger partial charge in [-0.15, -0.1) is 0 Å². The van der Waals surface area contributed by atoms with Crippen LogP contribution < -0.4 is 5.32 Å². The number of hydrogen-bond donors (Lipinski definition) is 1. The van der Waals surface area contributed by atoms with Crippen LogP contribution in [0.5, 0.6) is 0 Å². The number of benzene rings is 2. The zero-order valence-electron chi connectivity index (χ0n) is 13.9. The molecule has 3 nitrogen and oxygen atoms in total. The maximum Gasteiger partial charge on any atom is 0.221 e. The molecule has 2 aromatic rings. The number of nitrogens with one attached hydrogen (secondary N) is 1.